The molecule has 0 radical (unpaired) electrons. The molecule has 0 aliphatic carbocycles. The maximum atomic E-state index is 13.0. The minimum Gasteiger partial charge on any atom is -0.507 e. The molecule has 1 aromatic heterocycles. The van der Waals surface area contributed by atoms with E-state index in [0.29, 0.717) is 10.7 Å². The standard InChI is InChI=1S/C23H20N2O3S/c1-13-9-11-16(12-10-13)19-18(20(26)17-7-5-4-6-8-17)21(27)22(28)25(19)23-24-14(2)15(3)29-23/h4-12,19,26H,1-3H3/t19-/m1/s1. The molecule has 4 rings (SSSR count). The Morgan fingerprint density at radius 2 is 1.66 bits per heavy atom. The Bertz CT molecular complexity index is 1110. The van der Waals surface area contributed by atoms with Gasteiger partial charge in [0, 0.05) is 10.4 Å². The molecule has 1 aliphatic rings. The molecule has 29 heavy (non-hydrogen) atoms. The summed E-state index contributed by atoms with van der Waals surface area (Å²) < 4.78 is 0. The van der Waals surface area contributed by atoms with Gasteiger partial charge in [-0.2, -0.15) is 0 Å². The number of aryl methyl sites for hydroxylation is 3. The maximum Gasteiger partial charge on any atom is 0.301 e. The van der Waals surface area contributed by atoms with Gasteiger partial charge in [0.15, 0.2) is 5.13 Å². The van der Waals surface area contributed by atoms with E-state index < -0.39 is 17.7 Å². The fraction of sp³-hybridized carbons (Fsp3) is 0.174. The molecule has 146 valence electrons. The molecule has 2 aromatic carbocycles. The summed E-state index contributed by atoms with van der Waals surface area (Å²) in [5.74, 6) is -1.56. The summed E-state index contributed by atoms with van der Waals surface area (Å²) in [6.45, 7) is 5.77. The van der Waals surface area contributed by atoms with Gasteiger partial charge in [0.1, 0.15) is 5.76 Å². The van der Waals surface area contributed by atoms with Crippen LogP contribution >= 0.6 is 11.3 Å². The minimum absolute atomic E-state index is 0.0792. The summed E-state index contributed by atoms with van der Waals surface area (Å²) in [5.41, 5.74) is 3.20. The van der Waals surface area contributed by atoms with E-state index in [2.05, 4.69) is 4.98 Å². The van der Waals surface area contributed by atoms with Crippen LogP contribution in [0.5, 0.6) is 0 Å². The van der Waals surface area contributed by atoms with Gasteiger partial charge >= 0.3 is 5.91 Å². The van der Waals surface area contributed by atoms with E-state index in [4.69, 9.17) is 0 Å². The molecule has 0 bridgehead atoms. The Labute approximate surface area is 173 Å². The van der Waals surface area contributed by atoms with E-state index in [-0.39, 0.29) is 11.3 Å². The van der Waals surface area contributed by atoms with E-state index >= 15 is 0 Å². The summed E-state index contributed by atoms with van der Waals surface area (Å²) in [7, 11) is 0. The number of nitrogens with zero attached hydrogens (tertiary/aromatic N) is 2. The second-order valence-corrected chi connectivity index (χ2v) is 8.27. The number of benzene rings is 2. The molecular formula is C23H20N2O3S. The maximum absolute atomic E-state index is 13.0. The number of amides is 1. The van der Waals surface area contributed by atoms with Crippen molar-refractivity contribution < 1.29 is 14.7 Å². The van der Waals surface area contributed by atoms with E-state index in [1.165, 1.54) is 16.2 Å². The van der Waals surface area contributed by atoms with Crippen LogP contribution in [0, 0.1) is 20.8 Å². The predicted octanol–water partition coefficient (Wildman–Crippen LogP) is 4.69. The highest BCUT2D eigenvalue weighted by Gasteiger charge is 2.48. The topological polar surface area (TPSA) is 70.5 Å². The van der Waals surface area contributed by atoms with E-state index in [9.17, 15) is 14.7 Å². The molecule has 0 unspecified atom stereocenters. The van der Waals surface area contributed by atoms with Crippen molar-refractivity contribution in [3.05, 3.63) is 87.4 Å². The Morgan fingerprint density at radius 3 is 2.24 bits per heavy atom. The van der Waals surface area contributed by atoms with E-state index in [1.807, 2.05) is 51.1 Å². The van der Waals surface area contributed by atoms with Gasteiger partial charge in [-0.3, -0.25) is 14.5 Å². The second-order valence-electron chi connectivity index (χ2n) is 7.08. The van der Waals surface area contributed by atoms with Crippen molar-refractivity contribution >= 4 is 33.9 Å². The fourth-order valence-electron chi connectivity index (χ4n) is 3.40. The molecule has 2 heterocycles. The van der Waals surface area contributed by atoms with Crippen LogP contribution in [0.4, 0.5) is 5.13 Å². The van der Waals surface area contributed by atoms with E-state index in [1.54, 1.807) is 24.3 Å². The van der Waals surface area contributed by atoms with Crippen molar-refractivity contribution in [3.8, 4) is 0 Å². The monoisotopic (exact) mass is 404 g/mol. The Morgan fingerprint density at radius 1 is 1.00 bits per heavy atom. The van der Waals surface area contributed by atoms with Gasteiger partial charge in [-0.1, -0.05) is 60.2 Å². The SMILES string of the molecule is Cc1ccc([C@@H]2C(=C(O)c3ccccc3)C(=O)C(=O)N2c2nc(C)c(C)s2)cc1. The van der Waals surface area contributed by atoms with Crippen LogP contribution in [0.2, 0.25) is 0 Å². The number of rotatable bonds is 3. The van der Waals surface area contributed by atoms with Gasteiger partial charge in [-0.05, 0) is 26.3 Å². The van der Waals surface area contributed by atoms with Crippen molar-refractivity contribution in [1.29, 1.82) is 0 Å². The molecule has 1 N–H and O–H groups in total. The molecule has 0 saturated carbocycles. The average molecular weight is 404 g/mol. The first-order valence-corrected chi connectivity index (χ1v) is 10.1. The molecule has 3 aromatic rings. The van der Waals surface area contributed by atoms with Gasteiger partial charge in [0.25, 0.3) is 5.78 Å². The van der Waals surface area contributed by atoms with Gasteiger partial charge in [-0.25, -0.2) is 4.98 Å². The van der Waals surface area contributed by atoms with Crippen LogP contribution in [0.25, 0.3) is 5.76 Å². The first-order valence-electron chi connectivity index (χ1n) is 9.25. The minimum atomic E-state index is -0.735. The number of carbonyl (C=O) groups excluding carboxylic acids is 2. The molecule has 5 nitrogen and oxygen atoms in total. The molecule has 1 saturated heterocycles. The molecule has 1 aliphatic heterocycles. The number of anilines is 1. The normalized spacial score (nSPS) is 18.4. The number of aliphatic hydroxyl groups excluding tert-OH is 1. The fourth-order valence-corrected chi connectivity index (χ4v) is 4.34. The van der Waals surface area contributed by atoms with Gasteiger partial charge in [0.05, 0.1) is 17.3 Å². The molecule has 0 spiro atoms. The van der Waals surface area contributed by atoms with Crippen LogP contribution in [-0.2, 0) is 9.59 Å². The zero-order valence-corrected chi connectivity index (χ0v) is 17.2. The summed E-state index contributed by atoms with van der Waals surface area (Å²) in [6.07, 6.45) is 0. The van der Waals surface area contributed by atoms with Gasteiger partial charge in [-0.15, -0.1) is 11.3 Å². The van der Waals surface area contributed by atoms with E-state index in [0.717, 1.165) is 21.7 Å². The zero-order chi connectivity index (χ0) is 20.7. The summed E-state index contributed by atoms with van der Waals surface area (Å²) in [6, 6.07) is 15.7. The van der Waals surface area contributed by atoms with Gasteiger partial charge < -0.3 is 5.11 Å². The molecule has 1 fully saturated rings. The van der Waals surface area contributed by atoms with Crippen LogP contribution < -0.4 is 4.90 Å². The Kier molecular flexibility index (Phi) is 4.80. The van der Waals surface area contributed by atoms with Crippen molar-refractivity contribution in [2.75, 3.05) is 4.90 Å². The van der Waals surface area contributed by atoms with Crippen LogP contribution in [0.1, 0.15) is 33.3 Å². The third kappa shape index (κ3) is 3.25. The molecule has 1 amide bonds. The number of hydrogen-bond acceptors (Lipinski definition) is 5. The quantitative estimate of drug-likeness (QED) is 0.390. The largest absolute Gasteiger partial charge is 0.507 e. The lowest BCUT2D eigenvalue weighted by Crippen LogP contribution is -2.29. The molecule has 6 heteroatoms. The number of hydrogen-bond donors (Lipinski definition) is 1. The third-order valence-electron chi connectivity index (χ3n) is 5.11. The molecular weight excluding hydrogens is 384 g/mol. The van der Waals surface area contributed by atoms with Crippen LogP contribution in [0.3, 0.4) is 0 Å². The predicted molar refractivity (Wildman–Crippen MR) is 114 cm³/mol. The Hall–Kier alpha value is -3.25. The number of ketones is 1. The average Bonchev–Trinajstić information content (AvgIpc) is 3.18. The zero-order valence-electron chi connectivity index (χ0n) is 16.3. The third-order valence-corrected chi connectivity index (χ3v) is 6.18. The number of thiazole rings is 1. The first-order chi connectivity index (χ1) is 13.9. The van der Waals surface area contributed by atoms with Crippen molar-refractivity contribution in [1.82, 2.24) is 4.98 Å². The second kappa shape index (κ2) is 7.29. The highest BCUT2D eigenvalue weighted by atomic mass is 32.1. The van der Waals surface area contributed by atoms with Crippen molar-refractivity contribution in [2.24, 2.45) is 0 Å². The smallest absolute Gasteiger partial charge is 0.301 e. The lowest BCUT2D eigenvalue weighted by Gasteiger charge is -2.23. The highest BCUT2D eigenvalue weighted by Crippen LogP contribution is 2.43. The highest BCUT2D eigenvalue weighted by molar-refractivity contribution is 7.16. The van der Waals surface area contributed by atoms with Crippen molar-refractivity contribution in [3.63, 3.8) is 0 Å². The number of aromatic nitrogens is 1. The first kappa shape index (κ1) is 19.1. The summed E-state index contributed by atoms with van der Waals surface area (Å²) in [5, 5.41) is 11.4. The number of Topliss-reactive ketones (excluding diaryl/α,β-unsaturated/α-hetero) is 1. The Balaban J connectivity index is 1.95. The van der Waals surface area contributed by atoms with Crippen LogP contribution in [-0.4, -0.2) is 21.8 Å². The molecule has 1 atom stereocenters. The van der Waals surface area contributed by atoms with Gasteiger partial charge in [0.2, 0.25) is 0 Å². The number of aliphatic hydroxyl groups is 1. The lowest BCUT2D eigenvalue weighted by atomic mass is 9.95. The summed E-state index contributed by atoms with van der Waals surface area (Å²) >= 11 is 1.37. The van der Waals surface area contributed by atoms with Crippen molar-refractivity contribution in [2.45, 2.75) is 26.8 Å². The number of carbonyl (C=O) groups is 2. The van der Waals surface area contributed by atoms with Crippen LogP contribution in [0.15, 0.2) is 60.2 Å². The lowest BCUT2D eigenvalue weighted by molar-refractivity contribution is -0.132. The summed E-state index contributed by atoms with van der Waals surface area (Å²) in [4.78, 5) is 32.9.